The van der Waals surface area contributed by atoms with E-state index in [-0.39, 0.29) is 5.92 Å². The summed E-state index contributed by atoms with van der Waals surface area (Å²) in [4.78, 5) is 10.9. The largest absolute Gasteiger partial charge is 0.374 e. The van der Waals surface area contributed by atoms with Gasteiger partial charge in [0.1, 0.15) is 18.2 Å². The molecule has 1 N–H and O–H groups in total. The summed E-state index contributed by atoms with van der Waals surface area (Å²) in [5, 5.41) is 12.2. The molecule has 0 aromatic carbocycles. The van der Waals surface area contributed by atoms with Crippen molar-refractivity contribution in [3.8, 4) is 6.07 Å². The number of nitrogens with one attached hydrogen (secondary N) is 1. The maximum atomic E-state index is 8.93. The van der Waals surface area contributed by atoms with Crippen molar-refractivity contribution in [2.24, 2.45) is 5.92 Å². The predicted octanol–water partition coefficient (Wildman–Crippen LogP) is 2.43. The number of hydrogen-bond donors (Lipinski definition) is 1. The standard InChI is InChI=1S/C15H25N5O/c1-5-7-17-13-8-15(20(4)10-12(3)9-16)19-14(18-13)11-21-6-2/h8,12H,5-7,10-11H2,1-4H3,(H,17,18,19). The Bertz CT molecular complexity index is 445. The molecule has 0 spiro atoms. The molecule has 1 rings (SSSR count). The lowest BCUT2D eigenvalue weighted by atomic mass is 10.2. The van der Waals surface area contributed by atoms with E-state index in [1.165, 1.54) is 0 Å². The molecule has 0 amide bonds. The summed E-state index contributed by atoms with van der Waals surface area (Å²) in [5.74, 6) is 2.21. The fourth-order valence-electron chi connectivity index (χ4n) is 1.83. The lowest BCUT2D eigenvalue weighted by molar-refractivity contribution is 0.128. The summed E-state index contributed by atoms with van der Waals surface area (Å²) in [6.45, 7) is 8.48. The van der Waals surface area contributed by atoms with Crippen LogP contribution in [0.3, 0.4) is 0 Å². The molecular weight excluding hydrogens is 266 g/mol. The Hall–Kier alpha value is -1.87. The van der Waals surface area contributed by atoms with Gasteiger partial charge in [-0.3, -0.25) is 0 Å². The van der Waals surface area contributed by atoms with Gasteiger partial charge in [0.05, 0.1) is 12.0 Å². The van der Waals surface area contributed by atoms with Gasteiger partial charge in [0.25, 0.3) is 0 Å². The van der Waals surface area contributed by atoms with E-state index in [1.54, 1.807) is 0 Å². The van der Waals surface area contributed by atoms with E-state index < -0.39 is 0 Å². The molecule has 1 aromatic heterocycles. The van der Waals surface area contributed by atoms with Crippen molar-refractivity contribution < 1.29 is 4.74 Å². The lowest BCUT2D eigenvalue weighted by Gasteiger charge is -2.20. The molecule has 6 heteroatoms. The second-order valence-corrected chi connectivity index (χ2v) is 5.00. The number of nitriles is 1. The van der Waals surface area contributed by atoms with Gasteiger partial charge in [-0.1, -0.05) is 6.92 Å². The van der Waals surface area contributed by atoms with Gasteiger partial charge in [-0.25, -0.2) is 9.97 Å². The summed E-state index contributed by atoms with van der Waals surface area (Å²) in [7, 11) is 1.93. The highest BCUT2D eigenvalue weighted by Gasteiger charge is 2.11. The minimum absolute atomic E-state index is 0.0487. The van der Waals surface area contributed by atoms with Gasteiger partial charge >= 0.3 is 0 Å². The molecule has 0 aliphatic heterocycles. The summed E-state index contributed by atoms with van der Waals surface area (Å²) in [6, 6.07) is 4.15. The van der Waals surface area contributed by atoms with Crippen LogP contribution < -0.4 is 10.2 Å². The minimum Gasteiger partial charge on any atom is -0.374 e. The van der Waals surface area contributed by atoms with Crippen molar-refractivity contribution >= 4 is 11.6 Å². The van der Waals surface area contributed by atoms with Gasteiger partial charge in [0, 0.05) is 32.8 Å². The lowest BCUT2D eigenvalue weighted by Crippen LogP contribution is -2.25. The summed E-state index contributed by atoms with van der Waals surface area (Å²) < 4.78 is 5.39. The average molecular weight is 291 g/mol. The maximum Gasteiger partial charge on any atom is 0.158 e. The Morgan fingerprint density at radius 1 is 1.43 bits per heavy atom. The minimum atomic E-state index is -0.0487. The maximum absolute atomic E-state index is 8.93. The summed E-state index contributed by atoms with van der Waals surface area (Å²) in [5.41, 5.74) is 0. The van der Waals surface area contributed by atoms with Crippen LogP contribution in [0, 0.1) is 17.2 Å². The molecule has 0 radical (unpaired) electrons. The van der Waals surface area contributed by atoms with Crippen LogP contribution in [0.15, 0.2) is 6.07 Å². The Morgan fingerprint density at radius 3 is 2.81 bits per heavy atom. The zero-order valence-corrected chi connectivity index (χ0v) is 13.4. The topological polar surface area (TPSA) is 74.1 Å². The van der Waals surface area contributed by atoms with Crippen LogP contribution >= 0.6 is 0 Å². The number of ether oxygens (including phenoxy) is 1. The first-order valence-electron chi connectivity index (χ1n) is 7.41. The van der Waals surface area contributed by atoms with Gasteiger partial charge in [-0.05, 0) is 20.3 Å². The molecule has 0 fully saturated rings. The Kier molecular flexibility index (Phi) is 7.48. The summed E-state index contributed by atoms with van der Waals surface area (Å²) in [6.07, 6.45) is 1.03. The number of aromatic nitrogens is 2. The first-order chi connectivity index (χ1) is 10.1. The third-order valence-corrected chi connectivity index (χ3v) is 2.91. The number of anilines is 2. The molecule has 1 heterocycles. The quantitative estimate of drug-likeness (QED) is 0.753. The SMILES string of the molecule is CCCNc1cc(N(C)CC(C)C#N)nc(COCC)n1. The molecule has 6 nitrogen and oxygen atoms in total. The van der Waals surface area contributed by atoms with E-state index in [2.05, 4.69) is 28.3 Å². The first kappa shape index (κ1) is 17.2. The van der Waals surface area contributed by atoms with Crippen molar-refractivity contribution in [3.63, 3.8) is 0 Å². The van der Waals surface area contributed by atoms with Crippen LogP contribution in [0.5, 0.6) is 0 Å². The smallest absolute Gasteiger partial charge is 0.158 e. The van der Waals surface area contributed by atoms with E-state index >= 15 is 0 Å². The van der Waals surface area contributed by atoms with Crippen LogP contribution in [0.2, 0.25) is 0 Å². The highest BCUT2D eigenvalue weighted by atomic mass is 16.5. The Labute approximate surface area is 127 Å². The van der Waals surface area contributed by atoms with E-state index in [1.807, 2.05) is 31.9 Å². The van der Waals surface area contributed by atoms with E-state index in [9.17, 15) is 0 Å². The van der Waals surface area contributed by atoms with Crippen molar-refractivity contribution in [2.45, 2.75) is 33.8 Å². The van der Waals surface area contributed by atoms with Gasteiger partial charge in [0.2, 0.25) is 0 Å². The molecule has 21 heavy (non-hydrogen) atoms. The second-order valence-electron chi connectivity index (χ2n) is 5.00. The van der Waals surface area contributed by atoms with E-state index in [4.69, 9.17) is 10.00 Å². The van der Waals surface area contributed by atoms with E-state index in [0.29, 0.717) is 25.6 Å². The van der Waals surface area contributed by atoms with Crippen LogP contribution in [-0.4, -0.2) is 36.7 Å². The first-order valence-corrected chi connectivity index (χ1v) is 7.41. The number of rotatable bonds is 9. The Balaban J connectivity index is 2.91. The molecule has 1 unspecified atom stereocenters. The predicted molar refractivity (Wildman–Crippen MR) is 84.2 cm³/mol. The molecule has 0 aliphatic rings. The zero-order chi connectivity index (χ0) is 15.7. The fraction of sp³-hybridized carbons (Fsp3) is 0.667. The second kappa shape index (κ2) is 9.14. The molecular formula is C15H25N5O. The van der Waals surface area contributed by atoms with Crippen LogP contribution in [0.4, 0.5) is 11.6 Å². The third kappa shape index (κ3) is 5.96. The molecule has 1 aromatic rings. The highest BCUT2D eigenvalue weighted by molar-refractivity contribution is 5.49. The molecule has 1 atom stereocenters. The number of hydrogen-bond acceptors (Lipinski definition) is 6. The third-order valence-electron chi connectivity index (χ3n) is 2.91. The monoisotopic (exact) mass is 291 g/mol. The summed E-state index contributed by atoms with van der Waals surface area (Å²) >= 11 is 0. The average Bonchev–Trinajstić information content (AvgIpc) is 2.50. The fourth-order valence-corrected chi connectivity index (χ4v) is 1.83. The highest BCUT2D eigenvalue weighted by Crippen LogP contribution is 2.16. The van der Waals surface area contributed by atoms with Crippen molar-refractivity contribution in [3.05, 3.63) is 11.9 Å². The van der Waals surface area contributed by atoms with Crippen LogP contribution in [0.25, 0.3) is 0 Å². The normalized spacial score (nSPS) is 11.8. The molecule has 0 aliphatic carbocycles. The Morgan fingerprint density at radius 2 is 2.19 bits per heavy atom. The van der Waals surface area contributed by atoms with Gasteiger partial charge < -0.3 is 15.0 Å². The van der Waals surface area contributed by atoms with Crippen LogP contribution in [0.1, 0.15) is 33.0 Å². The van der Waals surface area contributed by atoms with Gasteiger partial charge in [-0.2, -0.15) is 5.26 Å². The van der Waals surface area contributed by atoms with E-state index in [0.717, 1.165) is 24.6 Å². The van der Waals surface area contributed by atoms with Crippen molar-refractivity contribution in [1.82, 2.24) is 9.97 Å². The molecule has 116 valence electrons. The molecule has 0 saturated heterocycles. The van der Waals surface area contributed by atoms with Gasteiger partial charge in [0.15, 0.2) is 5.82 Å². The van der Waals surface area contributed by atoms with Crippen LogP contribution in [-0.2, 0) is 11.3 Å². The zero-order valence-electron chi connectivity index (χ0n) is 13.4. The molecule has 0 saturated carbocycles. The number of nitrogens with zero attached hydrogens (tertiary/aromatic N) is 4. The van der Waals surface area contributed by atoms with Gasteiger partial charge in [-0.15, -0.1) is 0 Å². The van der Waals surface area contributed by atoms with Crippen molar-refractivity contribution in [2.75, 3.05) is 37.0 Å². The molecule has 0 bridgehead atoms. The van der Waals surface area contributed by atoms with Crippen molar-refractivity contribution in [1.29, 1.82) is 5.26 Å².